The molecule has 1 N–H and O–H groups in total. The van der Waals surface area contributed by atoms with Gasteiger partial charge in [0.1, 0.15) is 0 Å². The number of guanidine groups is 1. The van der Waals surface area contributed by atoms with E-state index < -0.39 is 0 Å². The van der Waals surface area contributed by atoms with Crippen molar-refractivity contribution in [3.63, 3.8) is 0 Å². The molecule has 140 valence electrons. The molecule has 0 spiro atoms. The van der Waals surface area contributed by atoms with E-state index in [0.29, 0.717) is 0 Å². The van der Waals surface area contributed by atoms with Gasteiger partial charge < -0.3 is 10.2 Å². The monoisotopic (exact) mass is 448 g/mol. The number of hydrogen-bond acceptors (Lipinski definition) is 2. The van der Waals surface area contributed by atoms with Gasteiger partial charge >= 0.3 is 0 Å². The molecule has 0 aromatic carbocycles. The van der Waals surface area contributed by atoms with Crippen molar-refractivity contribution in [2.24, 2.45) is 10.9 Å². The van der Waals surface area contributed by atoms with E-state index in [4.69, 9.17) is 0 Å². The number of rotatable bonds is 6. The first-order chi connectivity index (χ1) is 11.4. The molecule has 2 heterocycles. The fraction of sp³-hybridized carbons (Fsp3) is 0.947. The third-order valence-corrected chi connectivity index (χ3v) is 6.13. The molecule has 0 bridgehead atoms. The topological polar surface area (TPSA) is 30.9 Å². The van der Waals surface area contributed by atoms with Gasteiger partial charge in [-0.05, 0) is 44.7 Å². The predicted octanol–water partition coefficient (Wildman–Crippen LogP) is 3.71. The van der Waals surface area contributed by atoms with Crippen molar-refractivity contribution in [1.29, 1.82) is 0 Å². The van der Waals surface area contributed by atoms with Crippen LogP contribution in [0.3, 0.4) is 0 Å². The number of nitrogens with zero attached hydrogens (tertiary/aromatic N) is 3. The average molecular weight is 448 g/mol. The van der Waals surface area contributed by atoms with Crippen molar-refractivity contribution >= 4 is 29.9 Å². The molecular weight excluding hydrogens is 411 g/mol. The number of nitrogens with one attached hydrogen (secondary N) is 1. The Hall–Kier alpha value is -0.0400. The lowest BCUT2D eigenvalue weighted by molar-refractivity contribution is 0.249. The lowest BCUT2D eigenvalue weighted by atomic mass is 10.0. The Morgan fingerprint density at radius 1 is 1.00 bits per heavy atom. The molecule has 4 nitrogen and oxygen atoms in total. The molecule has 1 unspecified atom stereocenters. The van der Waals surface area contributed by atoms with Crippen molar-refractivity contribution < 1.29 is 0 Å². The first-order valence-electron chi connectivity index (χ1n) is 10.1. The Kier molecular flexibility index (Phi) is 9.16. The minimum absolute atomic E-state index is 0. The molecule has 0 aromatic rings. The summed E-state index contributed by atoms with van der Waals surface area (Å²) in [5.41, 5.74) is 0. The van der Waals surface area contributed by atoms with E-state index in [1.165, 1.54) is 90.4 Å². The molecule has 0 radical (unpaired) electrons. The third-order valence-electron chi connectivity index (χ3n) is 6.13. The van der Waals surface area contributed by atoms with Gasteiger partial charge in [0.15, 0.2) is 5.96 Å². The van der Waals surface area contributed by atoms with Crippen LogP contribution in [-0.2, 0) is 0 Å². The Bertz CT molecular complexity index is 376. The number of aliphatic imine (C=N–C) groups is 1. The van der Waals surface area contributed by atoms with Crippen molar-refractivity contribution in [1.82, 2.24) is 15.1 Å². The molecule has 5 heteroatoms. The SMILES string of the molecule is CN=C(NCCCCC1CCCC1)N1CCC(N2CCCC2)C1.I. The van der Waals surface area contributed by atoms with E-state index in [9.17, 15) is 0 Å². The zero-order chi connectivity index (χ0) is 15.9. The van der Waals surface area contributed by atoms with Crippen LogP contribution in [-0.4, -0.2) is 61.6 Å². The van der Waals surface area contributed by atoms with Crippen LogP contribution in [0.15, 0.2) is 4.99 Å². The van der Waals surface area contributed by atoms with Crippen molar-refractivity contribution in [2.75, 3.05) is 39.8 Å². The first-order valence-corrected chi connectivity index (χ1v) is 10.1. The zero-order valence-electron chi connectivity index (χ0n) is 15.5. The van der Waals surface area contributed by atoms with E-state index in [-0.39, 0.29) is 24.0 Å². The second-order valence-corrected chi connectivity index (χ2v) is 7.75. The Balaban J connectivity index is 0.00000208. The van der Waals surface area contributed by atoms with Gasteiger partial charge in [0.05, 0.1) is 0 Å². The highest BCUT2D eigenvalue weighted by Gasteiger charge is 2.30. The van der Waals surface area contributed by atoms with Crippen LogP contribution in [0.4, 0.5) is 0 Å². The molecule has 2 saturated heterocycles. The molecule has 0 amide bonds. The van der Waals surface area contributed by atoms with Gasteiger partial charge in [-0.2, -0.15) is 0 Å². The maximum atomic E-state index is 4.52. The second kappa shape index (κ2) is 10.8. The summed E-state index contributed by atoms with van der Waals surface area (Å²) in [5, 5.41) is 3.61. The van der Waals surface area contributed by atoms with Gasteiger partial charge in [0.2, 0.25) is 0 Å². The van der Waals surface area contributed by atoms with Gasteiger partial charge in [-0.1, -0.05) is 38.5 Å². The lowest BCUT2D eigenvalue weighted by Crippen LogP contribution is -2.43. The van der Waals surface area contributed by atoms with Crippen molar-refractivity contribution in [3.8, 4) is 0 Å². The minimum atomic E-state index is 0. The molecule has 3 fully saturated rings. The van der Waals surface area contributed by atoms with Crippen LogP contribution in [0.1, 0.15) is 64.2 Å². The van der Waals surface area contributed by atoms with Gasteiger partial charge in [0, 0.05) is 32.7 Å². The molecule has 3 rings (SSSR count). The Morgan fingerprint density at radius 3 is 2.46 bits per heavy atom. The van der Waals surface area contributed by atoms with E-state index in [2.05, 4.69) is 20.1 Å². The van der Waals surface area contributed by atoms with E-state index in [1.54, 1.807) is 0 Å². The fourth-order valence-electron chi connectivity index (χ4n) is 4.73. The largest absolute Gasteiger partial charge is 0.356 e. The highest BCUT2D eigenvalue weighted by atomic mass is 127. The average Bonchev–Trinajstić information content (AvgIpc) is 3.32. The van der Waals surface area contributed by atoms with Crippen molar-refractivity contribution in [3.05, 3.63) is 0 Å². The number of likely N-dealkylation sites (tertiary alicyclic amines) is 2. The maximum absolute atomic E-state index is 4.52. The quantitative estimate of drug-likeness (QED) is 0.291. The first kappa shape index (κ1) is 20.3. The van der Waals surface area contributed by atoms with Crippen LogP contribution in [0, 0.1) is 5.92 Å². The normalized spacial score (nSPS) is 26.1. The molecule has 1 atom stereocenters. The summed E-state index contributed by atoms with van der Waals surface area (Å²) >= 11 is 0. The van der Waals surface area contributed by atoms with Gasteiger partial charge in [-0.15, -0.1) is 24.0 Å². The molecule has 1 saturated carbocycles. The number of hydrogen-bond donors (Lipinski definition) is 1. The van der Waals surface area contributed by atoms with Crippen LogP contribution in [0.5, 0.6) is 0 Å². The Labute approximate surface area is 165 Å². The van der Waals surface area contributed by atoms with E-state index in [1.807, 2.05) is 7.05 Å². The second-order valence-electron chi connectivity index (χ2n) is 7.75. The number of unbranched alkanes of at least 4 members (excludes halogenated alkanes) is 1. The summed E-state index contributed by atoms with van der Waals surface area (Å²) in [6.45, 7) is 6.05. The molecular formula is C19H37IN4. The maximum Gasteiger partial charge on any atom is 0.193 e. The number of halogens is 1. The predicted molar refractivity (Wildman–Crippen MR) is 113 cm³/mol. The van der Waals surface area contributed by atoms with E-state index in [0.717, 1.165) is 24.5 Å². The zero-order valence-corrected chi connectivity index (χ0v) is 17.8. The molecule has 0 aromatic heterocycles. The lowest BCUT2D eigenvalue weighted by Gasteiger charge is -2.25. The van der Waals surface area contributed by atoms with Gasteiger partial charge in [-0.25, -0.2) is 0 Å². The highest BCUT2D eigenvalue weighted by Crippen LogP contribution is 2.28. The van der Waals surface area contributed by atoms with Crippen LogP contribution >= 0.6 is 24.0 Å². The summed E-state index contributed by atoms with van der Waals surface area (Å²) in [6.07, 6.45) is 14.1. The summed E-state index contributed by atoms with van der Waals surface area (Å²) < 4.78 is 0. The fourth-order valence-corrected chi connectivity index (χ4v) is 4.73. The third kappa shape index (κ3) is 5.75. The summed E-state index contributed by atoms with van der Waals surface area (Å²) in [4.78, 5) is 9.68. The molecule has 24 heavy (non-hydrogen) atoms. The molecule has 2 aliphatic heterocycles. The van der Waals surface area contributed by atoms with E-state index >= 15 is 0 Å². The molecule has 1 aliphatic carbocycles. The van der Waals surface area contributed by atoms with Gasteiger partial charge in [0.25, 0.3) is 0 Å². The van der Waals surface area contributed by atoms with Crippen molar-refractivity contribution in [2.45, 2.75) is 70.3 Å². The highest BCUT2D eigenvalue weighted by molar-refractivity contribution is 14.0. The standard InChI is InChI=1S/C19H36N4.HI/c1-20-19(21-12-5-4-10-17-8-2-3-9-17)23-15-11-18(16-23)22-13-6-7-14-22;/h17-18H,2-16H2,1H3,(H,20,21);1H. The van der Waals surface area contributed by atoms with Crippen LogP contribution in [0.25, 0.3) is 0 Å². The smallest absolute Gasteiger partial charge is 0.193 e. The summed E-state index contributed by atoms with van der Waals surface area (Å²) in [7, 11) is 1.93. The van der Waals surface area contributed by atoms with Crippen LogP contribution in [0.2, 0.25) is 0 Å². The summed E-state index contributed by atoms with van der Waals surface area (Å²) in [6, 6.07) is 0.762. The summed E-state index contributed by atoms with van der Waals surface area (Å²) in [5.74, 6) is 2.17. The molecule has 3 aliphatic rings. The minimum Gasteiger partial charge on any atom is -0.356 e. The Morgan fingerprint density at radius 2 is 1.75 bits per heavy atom. The van der Waals surface area contributed by atoms with Gasteiger partial charge in [-0.3, -0.25) is 9.89 Å². The van der Waals surface area contributed by atoms with Crippen LogP contribution < -0.4 is 5.32 Å².